The number of imidazole rings is 1. The molecular formula is C15H18FN5O2. The molecule has 0 radical (unpaired) electrons. The summed E-state index contributed by atoms with van der Waals surface area (Å²) in [5.74, 6) is 0.422. The fraction of sp³-hybridized carbons (Fsp3) is 0.400. The zero-order chi connectivity index (χ0) is 16.4. The summed E-state index contributed by atoms with van der Waals surface area (Å²) in [7, 11) is 1.92. The van der Waals surface area contributed by atoms with Gasteiger partial charge in [-0.3, -0.25) is 15.0 Å². The van der Waals surface area contributed by atoms with Crippen molar-refractivity contribution in [2.75, 3.05) is 19.6 Å². The second-order valence-electron chi connectivity index (χ2n) is 5.62. The number of nitro groups is 1. The van der Waals surface area contributed by atoms with Crippen molar-refractivity contribution in [3.8, 4) is 0 Å². The van der Waals surface area contributed by atoms with Gasteiger partial charge in [-0.25, -0.2) is 9.37 Å². The van der Waals surface area contributed by atoms with Crippen LogP contribution in [0.25, 0.3) is 0 Å². The molecule has 7 nitrogen and oxygen atoms in total. The number of hydrogen-bond donors (Lipinski definition) is 1. The van der Waals surface area contributed by atoms with Crippen molar-refractivity contribution in [3.05, 3.63) is 57.9 Å². The number of nitrogens with zero attached hydrogens (tertiary/aromatic N) is 4. The van der Waals surface area contributed by atoms with Gasteiger partial charge in [0.25, 0.3) is 5.69 Å². The number of piperazine rings is 1. The van der Waals surface area contributed by atoms with Gasteiger partial charge in [0.15, 0.2) is 0 Å². The standard InChI is InChI=1S/C15H18FN5O2/c1-19-6-5-18-15(19)14-9-17-4-7-20(14)10-11-8-12(16)2-3-13(11)21(22)23/h2-3,5-6,8,14,17H,4,7,9-10H2,1H3. The van der Waals surface area contributed by atoms with Crippen LogP contribution in [0.4, 0.5) is 10.1 Å². The molecule has 1 unspecified atom stereocenters. The summed E-state index contributed by atoms with van der Waals surface area (Å²) >= 11 is 0. The highest BCUT2D eigenvalue weighted by molar-refractivity contribution is 5.40. The average molecular weight is 319 g/mol. The zero-order valence-corrected chi connectivity index (χ0v) is 12.8. The molecule has 1 aliphatic heterocycles. The second-order valence-corrected chi connectivity index (χ2v) is 5.62. The predicted molar refractivity (Wildman–Crippen MR) is 82.3 cm³/mol. The molecule has 3 rings (SSSR count). The van der Waals surface area contributed by atoms with Crippen LogP contribution in [0.3, 0.4) is 0 Å². The van der Waals surface area contributed by atoms with E-state index in [0.717, 1.165) is 18.4 Å². The maximum Gasteiger partial charge on any atom is 0.274 e. The monoisotopic (exact) mass is 319 g/mol. The number of aromatic nitrogens is 2. The molecular weight excluding hydrogens is 301 g/mol. The lowest BCUT2D eigenvalue weighted by molar-refractivity contribution is -0.385. The first-order valence-corrected chi connectivity index (χ1v) is 7.41. The Labute approximate surface area is 132 Å². The molecule has 2 aromatic rings. The zero-order valence-electron chi connectivity index (χ0n) is 12.8. The number of nitro benzene ring substituents is 1. The van der Waals surface area contributed by atoms with Crippen molar-refractivity contribution >= 4 is 5.69 Å². The van der Waals surface area contributed by atoms with Crippen LogP contribution in [0.1, 0.15) is 17.4 Å². The minimum atomic E-state index is -0.466. The van der Waals surface area contributed by atoms with Gasteiger partial charge in [0, 0.05) is 57.3 Å². The van der Waals surface area contributed by atoms with Crippen molar-refractivity contribution < 1.29 is 9.31 Å². The van der Waals surface area contributed by atoms with E-state index in [1.807, 2.05) is 17.8 Å². The molecule has 0 saturated carbocycles. The Morgan fingerprint density at radius 1 is 1.52 bits per heavy atom. The normalized spacial score (nSPS) is 19.0. The van der Waals surface area contributed by atoms with E-state index in [1.54, 1.807) is 6.20 Å². The van der Waals surface area contributed by atoms with E-state index in [2.05, 4.69) is 15.2 Å². The number of nitrogens with one attached hydrogen (secondary N) is 1. The molecule has 1 aromatic heterocycles. The number of halogens is 1. The van der Waals surface area contributed by atoms with E-state index >= 15 is 0 Å². The highest BCUT2D eigenvalue weighted by Gasteiger charge is 2.28. The molecule has 122 valence electrons. The van der Waals surface area contributed by atoms with Gasteiger partial charge >= 0.3 is 0 Å². The van der Waals surface area contributed by atoms with Gasteiger partial charge in [-0.05, 0) is 12.1 Å². The molecule has 0 bridgehead atoms. The van der Waals surface area contributed by atoms with Gasteiger partial charge in [0.05, 0.1) is 11.0 Å². The summed E-state index contributed by atoms with van der Waals surface area (Å²) in [6, 6.07) is 3.58. The number of aryl methyl sites for hydroxylation is 1. The average Bonchev–Trinajstić information content (AvgIpc) is 2.93. The summed E-state index contributed by atoms with van der Waals surface area (Å²) in [6.07, 6.45) is 3.60. The Hall–Kier alpha value is -2.32. The van der Waals surface area contributed by atoms with Crippen LogP contribution in [0.2, 0.25) is 0 Å². The van der Waals surface area contributed by atoms with E-state index < -0.39 is 10.7 Å². The van der Waals surface area contributed by atoms with Crippen LogP contribution in [0.15, 0.2) is 30.6 Å². The van der Waals surface area contributed by atoms with E-state index in [-0.39, 0.29) is 11.7 Å². The topological polar surface area (TPSA) is 76.2 Å². The SMILES string of the molecule is Cn1ccnc1C1CNCCN1Cc1cc(F)ccc1[N+](=O)[O-]. The summed E-state index contributed by atoms with van der Waals surface area (Å²) in [5, 5.41) is 14.5. The fourth-order valence-electron chi connectivity index (χ4n) is 2.97. The number of rotatable bonds is 4. The molecule has 0 amide bonds. The van der Waals surface area contributed by atoms with Crippen molar-refractivity contribution in [1.29, 1.82) is 0 Å². The van der Waals surface area contributed by atoms with Gasteiger partial charge < -0.3 is 9.88 Å². The Morgan fingerprint density at radius 3 is 3.04 bits per heavy atom. The van der Waals surface area contributed by atoms with E-state index in [0.29, 0.717) is 25.2 Å². The lowest BCUT2D eigenvalue weighted by Crippen LogP contribution is -2.46. The minimum Gasteiger partial charge on any atom is -0.337 e. The maximum atomic E-state index is 13.5. The lowest BCUT2D eigenvalue weighted by Gasteiger charge is -2.35. The van der Waals surface area contributed by atoms with Gasteiger partial charge in [-0.15, -0.1) is 0 Å². The molecule has 2 heterocycles. The quantitative estimate of drug-likeness (QED) is 0.684. The summed E-state index contributed by atoms with van der Waals surface area (Å²) in [4.78, 5) is 17.2. The van der Waals surface area contributed by atoms with Gasteiger partial charge in [0.1, 0.15) is 11.6 Å². The molecule has 1 fully saturated rings. The Morgan fingerprint density at radius 2 is 2.35 bits per heavy atom. The number of hydrogen-bond acceptors (Lipinski definition) is 5. The van der Waals surface area contributed by atoms with Crippen LogP contribution >= 0.6 is 0 Å². The first-order chi connectivity index (χ1) is 11.1. The fourth-order valence-corrected chi connectivity index (χ4v) is 2.97. The minimum absolute atomic E-state index is 0.00776. The first-order valence-electron chi connectivity index (χ1n) is 7.41. The second kappa shape index (κ2) is 6.43. The Bertz CT molecular complexity index is 718. The van der Waals surface area contributed by atoms with Crippen molar-refractivity contribution in [2.45, 2.75) is 12.6 Å². The van der Waals surface area contributed by atoms with Gasteiger partial charge in [0.2, 0.25) is 0 Å². The smallest absolute Gasteiger partial charge is 0.274 e. The van der Waals surface area contributed by atoms with Crippen molar-refractivity contribution in [3.63, 3.8) is 0 Å². The highest BCUT2D eigenvalue weighted by Crippen LogP contribution is 2.27. The Balaban J connectivity index is 1.90. The Kier molecular flexibility index (Phi) is 4.35. The molecule has 1 saturated heterocycles. The third-order valence-electron chi connectivity index (χ3n) is 4.12. The van der Waals surface area contributed by atoms with Gasteiger partial charge in [-0.1, -0.05) is 0 Å². The van der Waals surface area contributed by atoms with Crippen LogP contribution in [0.5, 0.6) is 0 Å². The molecule has 1 atom stereocenters. The third kappa shape index (κ3) is 3.22. The number of benzene rings is 1. The van der Waals surface area contributed by atoms with Crippen LogP contribution in [-0.4, -0.2) is 39.0 Å². The lowest BCUT2D eigenvalue weighted by atomic mass is 10.1. The van der Waals surface area contributed by atoms with E-state index in [1.165, 1.54) is 12.1 Å². The van der Waals surface area contributed by atoms with Gasteiger partial charge in [-0.2, -0.15) is 0 Å². The molecule has 23 heavy (non-hydrogen) atoms. The molecule has 1 aromatic carbocycles. The van der Waals surface area contributed by atoms with Crippen molar-refractivity contribution in [1.82, 2.24) is 19.8 Å². The third-order valence-corrected chi connectivity index (χ3v) is 4.12. The van der Waals surface area contributed by atoms with E-state index in [4.69, 9.17) is 0 Å². The maximum absolute atomic E-state index is 13.5. The summed E-state index contributed by atoms with van der Waals surface area (Å²) in [6.45, 7) is 2.51. The molecule has 0 spiro atoms. The largest absolute Gasteiger partial charge is 0.337 e. The molecule has 1 aliphatic rings. The first kappa shape index (κ1) is 15.6. The van der Waals surface area contributed by atoms with Crippen LogP contribution in [-0.2, 0) is 13.6 Å². The van der Waals surface area contributed by atoms with Crippen molar-refractivity contribution in [2.24, 2.45) is 7.05 Å². The highest BCUT2D eigenvalue weighted by atomic mass is 19.1. The summed E-state index contributed by atoms with van der Waals surface area (Å²) in [5.41, 5.74) is 0.333. The molecule has 8 heteroatoms. The van der Waals surface area contributed by atoms with Crippen LogP contribution < -0.4 is 5.32 Å². The van der Waals surface area contributed by atoms with Crippen LogP contribution in [0, 0.1) is 15.9 Å². The molecule has 0 aliphatic carbocycles. The van der Waals surface area contributed by atoms with E-state index in [9.17, 15) is 14.5 Å². The molecule has 1 N–H and O–H groups in total. The predicted octanol–water partition coefficient (Wildman–Crippen LogP) is 1.61. The summed E-state index contributed by atoms with van der Waals surface area (Å²) < 4.78 is 15.5.